The summed E-state index contributed by atoms with van der Waals surface area (Å²) in [6.45, 7) is 4.54. The van der Waals surface area contributed by atoms with E-state index in [0.29, 0.717) is 5.90 Å². The molecule has 7 aromatic carbocycles. The Labute approximate surface area is 278 Å². The van der Waals surface area contributed by atoms with Gasteiger partial charge in [-0.2, -0.15) is 0 Å². The zero-order valence-electron chi connectivity index (χ0n) is 26.6. The highest BCUT2D eigenvalue weighted by atomic mass is 31.1. The molecule has 0 aliphatic carbocycles. The Morgan fingerprint density at radius 3 is 1.53 bits per heavy atom. The second kappa shape index (κ2) is 12.3. The lowest BCUT2D eigenvalue weighted by Crippen LogP contribution is -2.42. The Balaban J connectivity index is 1.34. The van der Waals surface area contributed by atoms with Crippen LogP contribution in [0.1, 0.15) is 30.5 Å². The number of benzene rings is 7. The molecule has 1 atom stereocenters. The molecule has 3 heteroatoms. The predicted molar refractivity (Wildman–Crippen MR) is 200 cm³/mol. The highest BCUT2D eigenvalue weighted by molar-refractivity contribution is 7.80. The fraction of sp³-hybridized carbons (Fsp3) is 0.114. The second-order valence-electron chi connectivity index (χ2n) is 12.6. The Morgan fingerprint density at radius 1 is 0.532 bits per heavy atom. The summed E-state index contributed by atoms with van der Waals surface area (Å²) in [7, 11) is -0.860. The van der Waals surface area contributed by atoms with Crippen LogP contribution in [0.5, 0.6) is 0 Å². The average molecular weight is 626 g/mol. The monoisotopic (exact) mass is 625 g/mol. The van der Waals surface area contributed by atoms with E-state index >= 15 is 0 Å². The van der Waals surface area contributed by atoms with Gasteiger partial charge in [-0.05, 0) is 69.5 Å². The maximum Gasteiger partial charge on any atom is 0.218 e. The van der Waals surface area contributed by atoms with Gasteiger partial charge in [0, 0.05) is 16.7 Å². The summed E-state index contributed by atoms with van der Waals surface area (Å²) in [5.74, 6) is 0.919. The van der Waals surface area contributed by atoms with Crippen molar-refractivity contribution in [2.45, 2.75) is 25.5 Å². The fourth-order valence-corrected chi connectivity index (χ4v) is 9.54. The van der Waals surface area contributed by atoms with Crippen molar-refractivity contribution < 1.29 is 4.74 Å². The molecule has 0 saturated heterocycles. The number of rotatable bonds is 7. The van der Waals surface area contributed by atoms with Crippen LogP contribution < -0.4 is 15.9 Å². The van der Waals surface area contributed by atoms with Crippen molar-refractivity contribution in [1.82, 2.24) is 0 Å². The van der Waals surface area contributed by atoms with Gasteiger partial charge in [-0.15, -0.1) is 0 Å². The molecule has 0 radical (unpaired) electrons. The summed E-state index contributed by atoms with van der Waals surface area (Å²) in [5.41, 5.74) is 2.48. The van der Waals surface area contributed by atoms with Gasteiger partial charge in [-0.3, -0.25) is 0 Å². The van der Waals surface area contributed by atoms with E-state index in [4.69, 9.17) is 9.73 Å². The van der Waals surface area contributed by atoms with E-state index in [1.54, 1.807) is 0 Å². The molecule has 228 valence electrons. The molecule has 0 spiro atoms. The topological polar surface area (TPSA) is 21.6 Å². The van der Waals surface area contributed by atoms with Crippen molar-refractivity contribution in [3.8, 4) is 0 Å². The molecular formula is C44H36NOP. The van der Waals surface area contributed by atoms with Crippen molar-refractivity contribution in [3.63, 3.8) is 0 Å². The number of ether oxygens (including phenoxy) is 1. The van der Waals surface area contributed by atoms with Crippen LogP contribution in [0.15, 0.2) is 175 Å². The molecule has 1 aliphatic rings. The maximum atomic E-state index is 7.50. The van der Waals surface area contributed by atoms with Crippen LogP contribution >= 0.6 is 7.92 Å². The lowest BCUT2D eigenvalue weighted by atomic mass is 9.75. The van der Waals surface area contributed by atoms with Crippen LogP contribution in [0.4, 0.5) is 0 Å². The Morgan fingerprint density at radius 2 is 1.00 bits per heavy atom. The number of fused-ring (bicyclic) bond motifs is 2. The van der Waals surface area contributed by atoms with E-state index in [-0.39, 0.29) is 12.0 Å². The number of nitrogens with zero attached hydrogens (tertiary/aromatic N) is 1. The van der Waals surface area contributed by atoms with Crippen LogP contribution in [0.2, 0.25) is 0 Å². The molecule has 47 heavy (non-hydrogen) atoms. The third-order valence-corrected chi connectivity index (χ3v) is 11.8. The molecule has 2 nitrogen and oxygen atoms in total. The Hall–Kier alpha value is -5.04. The molecule has 1 unspecified atom stereocenters. The van der Waals surface area contributed by atoms with Crippen molar-refractivity contribution in [2.24, 2.45) is 10.9 Å². The van der Waals surface area contributed by atoms with Gasteiger partial charge in [0.15, 0.2) is 5.60 Å². The van der Waals surface area contributed by atoms with E-state index in [1.807, 2.05) is 0 Å². The summed E-state index contributed by atoms with van der Waals surface area (Å²) in [4.78, 5) is 5.56. The van der Waals surface area contributed by atoms with Gasteiger partial charge in [-0.25, -0.2) is 4.99 Å². The van der Waals surface area contributed by atoms with Gasteiger partial charge in [-0.1, -0.05) is 166 Å². The largest absolute Gasteiger partial charge is 0.459 e. The van der Waals surface area contributed by atoms with Gasteiger partial charge < -0.3 is 4.74 Å². The highest BCUT2D eigenvalue weighted by Crippen LogP contribution is 2.48. The summed E-state index contributed by atoms with van der Waals surface area (Å²) < 4.78 is 7.50. The predicted octanol–water partition coefficient (Wildman–Crippen LogP) is 9.50. The minimum atomic E-state index is -0.860. The first kappa shape index (κ1) is 29.4. The summed E-state index contributed by atoms with van der Waals surface area (Å²) in [5, 5.41) is 8.67. The summed E-state index contributed by atoms with van der Waals surface area (Å²) in [6, 6.07) is 61.0. The quantitative estimate of drug-likeness (QED) is 0.162. The van der Waals surface area contributed by atoms with Gasteiger partial charge in [0.1, 0.15) is 6.04 Å². The maximum absolute atomic E-state index is 7.50. The highest BCUT2D eigenvalue weighted by Gasteiger charge is 2.51. The van der Waals surface area contributed by atoms with Crippen LogP contribution in [-0.2, 0) is 10.3 Å². The minimum absolute atomic E-state index is 0.146. The number of hydrogen-bond donors (Lipinski definition) is 0. The first-order valence-electron chi connectivity index (χ1n) is 16.4. The molecule has 8 rings (SSSR count). The minimum Gasteiger partial charge on any atom is -0.459 e. The molecule has 0 saturated carbocycles. The van der Waals surface area contributed by atoms with Crippen molar-refractivity contribution in [1.29, 1.82) is 0 Å². The summed E-state index contributed by atoms with van der Waals surface area (Å²) in [6.07, 6.45) is 0. The molecule has 1 aliphatic heterocycles. The molecule has 0 N–H and O–H groups in total. The smallest absolute Gasteiger partial charge is 0.218 e. The SMILES string of the molecule is CC(C)C1N=C(c2ccccc2P(c2ccccc2)c2ccccc2)OC1(c1ccc2ccccc2c1)c1ccc2ccccc2c1. The number of aliphatic imine (C=N–C) groups is 1. The molecule has 0 aromatic heterocycles. The van der Waals surface area contributed by atoms with E-state index in [0.717, 1.165) is 16.7 Å². The Kier molecular flexibility index (Phi) is 7.68. The fourth-order valence-electron chi connectivity index (χ4n) is 7.10. The van der Waals surface area contributed by atoms with Crippen LogP contribution in [0, 0.1) is 5.92 Å². The van der Waals surface area contributed by atoms with Gasteiger partial charge >= 0.3 is 0 Å². The van der Waals surface area contributed by atoms with Gasteiger partial charge in [0.25, 0.3) is 0 Å². The van der Waals surface area contributed by atoms with Crippen LogP contribution in [-0.4, -0.2) is 11.9 Å². The van der Waals surface area contributed by atoms with E-state index in [2.05, 4.69) is 184 Å². The molecule has 7 aromatic rings. The van der Waals surface area contributed by atoms with E-state index in [9.17, 15) is 0 Å². The first-order chi connectivity index (χ1) is 23.1. The van der Waals surface area contributed by atoms with E-state index in [1.165, 1.54) is 37.5 Å². The van der Waals surface area contributed by atoms with Crippen LogP contribution in [0.25, 0.3) is 21.5 Å². The second-order valence-corrected chi connectivity index (χ2v) is 14.8. The third-order valence-electron chi connectivity index (χ3n) is 9.32. The Bertz CT molecular complexity index is 2100. The zero-order valence-corrected chi connectivity index (χ0v) is 27.5. The normalized spacial score (nSPS) is 15.7. The lowest BCUT2D eigenvalue weighted by Gasteiger charge is -2.37. The molecule has 1 heterocycles. The molecule has 0 fully saturated rings. The van der Waals surface area contributed by atoms with Gasteiger partial charge in [0.2, 0.25) is 5.90 Å². The standard InChI is InChI=1S/C44H36NOP/c1-31(2)42-44(36-27-25-32-15-9-11-17-34(32)29-36,37-28-26-33-16-10-12-18-35(33)30-37)46-43(45-42)40-23-13-14-24-41(40)47(38-19-5-3-6-20-38)39-21-7-4-8-22-39/h3-31,42H,1-2H3. The third kappa shape index (κ3) is 5.24. The lowest BCUT2D eigenvalue weighted by molar-refractivity contribution is 0.0819. The zero-order chi connectivity index (χ0) is 31.8. The summed E-state index contributed by atoms with van der Waals surface area (Å²) >= 11 is 0. The molecule has 0 bridgehead atoms. The van der Waals surface area contributed by atoms with Crippen LogP contribution in [0.3, 0.4) is 0 Å². The average Bonchev–Trinajstić information content (AvgIpc) is 3.55. The van der Waals surface area contributed by atoms with Gasteiger partial charge in [0.05, 0.1) is 0 Å². The molecular weight excluding hydrogens is 589 g/mol. The first-order valence-corrected chi connectivity index (χ1v) is 17.7. The number of hydrogen-bond acceptors (Lipinski definition) is 2. The van der Waals surface area contributed by atoms with Crippen molar-refractivity contribution in [2.75, 3.05) is 0 Å². The van der Waals surface area contributed by atoms with Crippen molar-refractivity contribution in [3.05, 3.63) is 187 Å². The molecule has 0 amide bonds. The van der Waals surface area contributed by atoms with E-state index < -0.39 is 13.5 Å². The van der Waals surface area contributed by atoms with Crippen molar-refractivity contribution >= 4 is 51.3 Å².